The Balaban J connectivity index is 0.000000536. The standard InChI is InChI=1S/C10H3F2.CH4O.CH4.Tm/c11-7-4-5-2-1-3-6-8(5)9(6)10(7)12;1-2;;/h2-4H;2H,1H3;1H4;/q-1;;;. The van der Waals surface area contributed by atoms with Crippen molar-refractivity contribution in [3.8, 4) is 11.1 Å². The third kappa shape index (κ3) is 2.22. The predicted octanol–water partition coefficient (Wildman–Crippen LogP) is 3.14. The van der Waals surface area contributed by atoms with E-state index in [1.165, 1.54) is 6.07 Å². The summed E-state index contributed by atoms with van der Waals surface area (Å²) in [4.78, 5) is 0. The predicted molar refractivity (Wildman–Crippen MR) is 56.6 cm³/mol. The van der Waals surface area contributed by atoms with Gasteiger partial charge in [0.1, 0.15) is 5.82 Å². The third-order valence-corrected chi connectivity index (χ3v) is 2.19. The smallest absolute Gasteiger partial charge is 0.151 e. The van der Waals surface area contributed by atoms with Crippen molar-refractivity contribution in [3.63, 3.8) is 0 Å². The molecule has 0 bridgehead atoms. The fraction of sp³-hybridized carbons (Fsp3) is 0.167. The van der Waals surface area contributed by atoms with E-state index in [0.29, 0.717) is 5.56 Å². The second-order valence-electron chi connectivity index (χ2n) is 2.88. The Morgan fingerprint density at radius 2 is 1.81 bits per heavy atom. The van der Waals surface area contributed by atoms with E-state index in [4.69, 9.17) is 5.11 Å². The van der Waals surface area contributed by atoms with Gasteiger partial charge in [-0.15, -0.1) is 16.3 Å². The van der Waals surface area contributed by atoms with Crippen molar-refractivity contribution < 1.29 is 50.8 Å². The Labute approximate surface area is 122 Å². The average molecular weight is 378 g/mol. The first-order chi connectivity index (χ1) is 6.79. The van der Waals surface area contributed by atoms with Gasteiger partial charge in [0.15, 0.2) is 5.82 Å². The van der Waals surface area contributed by atoms with E-state index in [9.17, 15) is 8.78 Å². The summed E-state index contributed by atoms with van der Waals surface area (Å²) in [6.07, 6.45) is 0. The minimum atomic E-state index is -0.771. The molecule has 0 amide bonds. The van der Waals surface area contributed by atoms with Crippen molar-refractivity contribution in [2.24, 2.45) is 0 Å². The molecule has 0 aliphatic heterocycles. The molecular formula is C12H11F2OTm-. The Morgan fingerprint density at radius 1 is 1.19 bits per heavy atom. The van der Waals surface area contributed by atoms with Gasteiger partial charge in [-0.05, 0) is 0 Å². The maximum atomic E-state index is 13.0. The van der Waals surface area contributed by atoms with E-state index in [-0.39, 0.29) is 44.3 Å². The van der Waals surface area contributed by atoms with E-state index >= 15 is 0 Å². The molecule has 0 saturated carbocycles. The van der Waals surface area contributed by atoms with Crippen molar-refractivity contribution in [2.75, 3.05) is 7.11 Å². The van der Waals surface area contributed by atoms with Gasteiger partial charge in [-0.3, -0.25) is 0 Å². The molecule has 93 valence electrons. The molecule has 3 rings (SSSR count). The van der Waals surface area contributed by atoms with Crippen molar-refractivity contribution in [1.82, 2.24) is 0 Å². The maximum absolute atomic E-state index is 13.0. The fourth-order valence-electron chi connectivity index (χ4n) is 1.59. The van der Waals surface area contributed by atoms with E-state index in [1.54, 1.807) is 12.1 Å². The fourth-order valence-corrected chi connectivity index (χ4v) is 1.59. The largest absolute Gasteiger partial charge is 0.400 e. The molecule has 1 aliphatic carbocycles. The molecule has 0 heterocycles. The first kappa shape index (κ1) is 15.8. The first-order valence-corrected chi connectivity index (χ1v) is 4.06. The van der Waals surface area contributed by atoms with Gasteiger partial charge < -0.3 is 5.11 Å². The van der Waals surface area contributed by atoms with Gasteiger partial charge in [0, 0.05) is 44.0 Å². The molecule has 2 aromatic rings. The number of halogens is 2. The molecule has 0 fully saturated rings. The Kier molecular flexibility index (Phi) is 5.81. The number of aliphatic hydroxyl groups is 1. The molecule has 0 saturated heterocycles. The topological polar surface area (TPSA) is 20.2 Å². The van der Waals surface area contributed by atoms with Crippen LogP contribution < -0.4 is 0 Å². The molecule has 4 heteroatoms. The van der Waals surface area contributed by atoms with Crippen LogP contribution in [0.15, 0.2) is 18.2 Å². The van der Waals surface area contributed by atoms with Gasteiger partial charge in [-0.2, -0.15) is 18.2 Å². The second-order valence-corrected chi connectivity index (χ2v) is 2.88. The van der Waals surface area contributed by atoms with Crippen LogP contribution in [0.3, 0.4) is 0 Å². The van der Waals surface area contributed by atoms with Gasteiger partial charge in [-0.1, -0.05) is 19.1 Å². The molecule has 0 aromatic heterocycles. The quantitative estimate of drug-likeness (QED) is 0.596. The van der Waals surface area contributed by atoms with E-state index in [2.05, 4.69) is 6.07 Å². The first-order valence-electron chi connectivity index (χ1n) is 4.06. The normalized spacial score (nSPS) is 9.50. The molecule has 0 spiro atoms. The van der Waals surface area contributed by atoms with Crippen LogP contribution in [0.4, 0.5) is 8.78 Å². The summed E-state index contributed by atoms with van der Waals surface area (Å²) in [5.41, 5.74) is 1.24. The molecule has 1 aliphatic rings. The second kappa shape index (κ2) is 5.90. The zero-order valence-electron chi connectivity index (χ0n) is 7.71. The molecule has 1 nitrogen and oxygen atoms in total. The van der Waals surface area contributed by atoms with Crippen LogP contribution >= 0.6 is 0 Å². The van der Waals surface area contributed by atoms with Gasteiger partial charge in [0.2, 0.25) is 0 Å². The summed E-state index contributed by atoms with van der Waals surface area (Å²) in [5.74, 6) is -1.50. The summed E-state index contributed by atoms with van der Waals surface area (Å²) in [6, 6.07) is 7.39. The monoisotopic (exact) mass is 378 g/mol. The molecule has 1 radical (unpaired) electrons. The van der Waals surface area contributed by atoms with Gasteiger partial charge >= 0.3 is 0 Å². The third-order valence-electron chi connectivity index (χ3n) is 2.19. The van der Waals surface area contributed by atoms with Crippen LogP contribution in [-0.4, -0.2) is 12.2 Å². The van der Waals surface area contributed by atoms with Gasteiger partial charge in [0.25, 0.3) is 0 Å². The Bertz CT molecular complexity index is 512. The molecule has 2 aromatic carbocycles. The van der Waals surface area contributed by atoms with Crippen molar-refractivity contribution in [3.05, 3.63) is 35.9 Å². The number of benzene rings is 2. The van der Waals surface area contributed by atoms with E-state index in [1.807, 2.05) is 0 Å². The van der Waals surface area contributed by atoms with Gasteiger partial charge in [0.05, 0.1) is 0 Å². The van der Waals surface area contributed by atoms with Crippen LogP contribution in [0.1, 0.15) is 7.43 Å². The van der Waals surface area contributed by atoms with Gasteiger partial charge in [-0.25, -0.2) is 8.78 Å². The zero-order chi connectivity index (χ0) is 10.3. The molecular weight excluding hydrogens is 367 g/mol. The summed E-state index contributed by atoms with van der Waals surface area (Å²) < 4.78 is 25.8. The van der Waals surface area contributed by atoms with E-state index in [0.717, 1.165) is 23.4 Å². The van der Waals surface area contributed by atoms with Crippen LogP contribution in [0, 0.1) is 54.6 Å². The minimum Gasteiger partial charge on any atom is -0.400 e. The SMILES string of the molecule is C.CO.Fc1cc2c[c-]cc3c2c-3c1F.[Tm]. The molecule has 16 heavy (non-hydrogen) atoms. The minimum absolute atomic E-state index is 0. The number of hydrogen-bond donors (Lipinski definition) is 1. The van der Waals surface area contributed by atoms with Crippen LogP contribution in [0.2, 0.25) is 0 Å². The van der Waals surface area contributed by atoms with E-state index < -0.39 is 11.6 Å². The molecule has 1 N–H and O–H groups in total. The van der Waals surface area contributed by atoms with Crippen LogP contribution in [0.25, 0.3) is 21.9 Å². The summed E-state index contributed by atoms with van der Waals surface area (Å²) in [7, 11) is 1.00. The summed E-state index contributed by atoms with van der Waals surface area (Å²) in [6.45, 7) is 0. The number of hydrogen-bond acceptors (Lipinski definition) is 1. The van der Waals surface area contributed by atoms with Crippen LogP contribution in [-0.2, 0) is 0 Å². The Morgan fingerprint density at radius 3 is 2.44 bits per heavy atom. The van der Waals surface area contributed by atoms with Crippen molar-refractivity contribution in [1.29, 1.82) is 0 Å². The number of aliphatic hydroxyl groups excluding tert-OH is 1. The average Bonchev–Trinajstić information content (AvgIpc) is 2.94. The molecule has 0 atom stereocenters. The molecule has 0 unspecified atom stereocenters. The number of fused-ring (bicyclic) bond motifs is 1. The number of rotatable bonds is 0. The van der Waals surface area contributed by atoms with Crippen molar-refractivity contribution >= 4 is 10.8 Å². The zero-order valence-corrected chi connectivity index (χ0v) is 9.49. The van der Waals surface area contributed by atoms with Crippen molar-refractivity contribution in [2.45, 2.75) is 7.43 Å². The Hall–Kier alpha value is -0.246. The maximum Gasteiger partial charge on any atom is 0.151 e. The summed E-state index contributed by atoms with van der Waals surface area (Å²) in [5, 5.41) is 8.59. The summed E-state index contributed by atoms with van der Waals surface area (Å²) >= 11 is 0. The van der Waals surface area contributed by atoms with Crippen LogP contribution in [0.5, 0.6) is 0 Å².